The summed E-state index contributed by atoms with van der Waals surface area (Å²) in [4.78, 5) is 12.0. The summed E-state index contributed by atoms with van der Waals surface area (Å²) in [5.74, 6) is -0.485. The molecule has 0 saturated heterocycles. The normalized spacial score (nSPS) is 14.4. The van der Waals surface area contributed by atoms with Crippen molar-refractivity contribution in [3.8, 4) is 5.75 Å². The molecular formula is C14H18F3NO3. The molecule has 0 aromatic heterocycles. The number of ether oxygens (including phenoxy) is 2. The fourth-order valence-electron chi connectivity index (χ4n) is 1.92. The lowest BCUT2D eigenvalue weighted by Crippen LogP contribution is -2.50. The number of hydrogen-bond donors (Lipinski definition) is 1. The molecule has 1 unspecified atom stereocenters. The molecule has 0 heterocycles. The van der Waals surface area contributed by atoms with E-state index in [1.165, 1.54) is 13.0 Å². The molecule has 0 bridgehead atoms. The Morgan fingerprint density at radius 3 is 2.43 bits per heavy atom. The van der Waals surface area contributed by atoms with Crippen LogP contribution in [-0.4, -0.2) is 32.4 Å². The predicted octanol–water partition coefficient (Wildman–Crippen LogP) is 2.63. The van der Waals surface area contributed by atoms with Crippen molar-refractivity contribution in [1.29, 1.82) is 0 Å². The third kappa shape index (κ3) is 4.35. The molecule has 0 fully saturated rings. The summed E-state index contributed by atoms with van der Waals surface area (Å²) < 4.78 is 47.4. The van der Waals surface area contributed by atoms with Crippen molar-refractivity contribution >= 4 is 5.97 Å². The van der Waals surface area contributed by atoms with Crippen molar-refractivity contribution in [2.75, 3.05) is 20.3 Å². The Bertz CT molecular complexity index is 491. The molecular weight excluding hydrogens is 287 g/mol. The third-order valence-corrected chi connectivity index (χ3v) is 2.96. The van der Waals surface area contributed by atoms with E-state index >= 15 is 0 Å². The summed E-state index contributed by atoms with van der Waals surface area (Å²) in [7, 11) is 1.12. The van der Waals surface area contributed by atoms with Crippen LogP contribution in [0.4, 0.5) is 13.2 Å². The maximum Gasteiger partial charge on any atom is 0.401 e. The molecule has 7 heteroatoms. The summed E-state index contributed by atoms with van der Waals surface area (Å²) in [6.45, 7) is 2.09. The summed E-state index contributed by atoms with van der Waals surface area (Å²) in [5.41, 5.74) is -1.36. The first-order valence-electron chi connectivity index (χ1n) is 6.37. The fraction of sp³-hybridized carbons (Fsp3) is 0.500. The minimum Gasteiger partial charge on any atom is -0.494 e. The van der Waals surface area contributed by atoms with Crippen molar-refractivity contribution in [3.05, 3.63) is 29.8 Å². The molecule has 4 nitrogen and oxygen atoms in total. The number of para-hydroxylation sites is 1. The van der Waals surface area contributed by atoms with Crippen LogP contribution in [-0.2, 0) is 15.1 Å². The average Bonchev–Trinajstić information content (AvgIpc) is 2.44. The Labute approximate surface area is 121 Å². The zero-order chi connectivity index (χ0) is 16.1. The number of esters is 1. The van der Waals surface area contributed by atoms with Gasteiger partial charge in [0, 0.05) is 5.56 Å². The lowest BCUT2D eigenvalue weighted by molar-refractivity contribution is -0.153. The van der Waals surface area contributed by atoms with Gasteiger partial charge in [0.25, 0.3) is 0 Å². The highest BCUT2D eigenvalue weighted by Gasteiger charge is 2.41. The number of carbonyl (C=O) groups is 1. The molecule has 1 rings (SSSR count). The van der Waals surface area contributed by atoms with Crippen molar-refractivity contribution in [2.45, 2.75) is 25.6 Å². The van der Waals surface area contributed by atoms with Gasteiger partial charge in [-0.25, -0.2) is 4.79 Å². The zero-order valence-corrected chi connectivity index (χ0v) is 12.1. The van der Waals surface area contributed by atoms with E-state index in [9.17, 15) is 18.0 Å². The van der Waals surface area contributed by atoms with E-state index in [1.807, 2.05) is 0 Å². The van der Waals surface area contributed by atoms with E-state index < -0.39 is 24.2 Å². The number of hydrogen-bond acceptors (Lipinski definition) is 4. The SMILES string of the molecule is CCOc1ccccc1C(C)(NCC(F)(F)F)C(=O)OC. The van der Waals surface area contributed by atoms with Crippen LogP contribution >= 0.6 is 0 Å². The summed E-state index contributed by atoms with van der Waals surface area (Å²) in [6.07, 6.45) is -4.45. The molecule has 1 atom stereocenters. The number of carbonyl (C=O) groups excluding carboxylic acids is 1. The van der Waals surface area contributed by atoms with Crippen LogP contribution in [0.25, 0.3) is 0 Å². The standard InChI is InChI=1S/C14H18F3NO3/c1-4-21-11-8-6-5-7-10(11)13(2,12(19)20-3)18-9-14(15,16)17/h5-8,18H,4,9H2,1-3H3. The van der Waals surface area contributed by atoms with Crippen LogP contribution in [0.15, 0.2) is 24.3 Å². The van der Waals surface area contributed by atoms with Gasteiger partial charge >= 0.3 is 12.1 Å². The van der Waals surface area contributed by atoms with Gasteiger partial charge in [0.2, 0.25) is 0 Å². The maximum atomic E-state index is 12.5. The number of alkyl halides is 3. The monoisotopic (exact) mass is 305 g/mol. The first-order valence-corrected chi connectivity index (χ1v) is 6.37. The van der Waals surface area contributed by atoms with Gasteiger partial charge in [-0.2, -0.15) is 13.2 Å². The number of benzene rings is 1. The maximum absolute atomic E-state index is 12.5. The van der Waals surface area contributed by atoms with Crippen molar-refractivity contribution < 1.29 is 27.4 Å². The Kier molecular flexibility index (Phi) is 5.60. The molecule has 0 amide bonds. The number of rotatable bonds is 6. The van der Waals surface area contributed by atoms with Gasteiger partial charge in [-0.05, 0) is 19.9 Å². The molecule has 21 heavy (non-hydrogen) atoms. The number of nitrogens with one attached hydrogen (secondary N) is 1. The minimum atomic E-state index is -4.45. The van der Waals surface area contributed by atoms with Gasteiger partial charge in [0.15, 0.2) is 0 Å². The first-order chi connectivity index (χ1) is 9.74. The Morgan fingerprint density at radius 1 is 1.29 bits per heavy atom. The number of methoxy groups -OCH3 is 1. The summed E-state index contributed by atoms with van der Waals surface area (Å²) >= 11 is 0. The molecule has 0 aliphatic rings. The van der Waals surface area contributed by atoms with Crippen LogP contribution in [0.5, 0.6) is 5.75 Å². The van der Waals surface area contributed by atoms with Crippen molar-refractivity contribution in [1.82, 2.24) is 5.32 Å². The number of halogens is 3. The molecule has 0 radical (unpaired) electrons. The summed E-state index contributed by atoms with van der Waals surface area (Å²) in [6, 6.07) is 6.42. The highest BCUT2D eigenvalue weighted by atomic mass is 19.4. The zero-order valence-electron chi connectivity index (χ0n) is 12.1. The quantitative estimate of drug-likeness (QED) is 0.821. The largest absolute Gasteiger partial charge is 0.494 e. The van der Waals surface area contributed by atoms with Gasteiger partial charge in [0.05, 0.1) is 20.3 Å². The molecule has 0 aliphatic carbocycles. The predicted molar refractivity (Wildman–Crippen MR) is 71.0 cm³/mol. The topological polar surface area (TPSA) is 47.6 Å². The molecule has 1 aromatic rings. The fourth-order valence-corrected chi connectivity index (χ4v) is 1.92. The first kappa shape index (κ1) is 17.3. The Hall–Kier alpha value is -1.76. The van der Waals surface area contributed by atoms with Crippen LogP contribution in [0.2, 0.25) is 0 Å². The smallest absolute Gasteiger partial charge is 0.401 e. The van der Waals surface area contributed by atoms with Crippen molar-refractivity contribution in [3.63, 3.8) is 0 Å². The molecule has 1 N–H and O–H groups in total. The van der Waals surface area contributed by atoms with Crippen LogP contribution in [0, 0.1) is 0 Å². The average molecular weight is 305 g/mol. The van der Waals surface area contributed by atoms with Crippen LogP contribution < -0.4 is 10.1 Å². The Morgan fingerprint density at radius 2 is 1.90 bits per heavy atom. The second-order valence-corrected chi connectivity index (χ2v) is 4.51. The van der Waals surface area contributed by atoms with E-state index in [0.29, 0.717) is 17.9 Å². The van der Waals surface area contributed by atoms with Gasteiger partial charge < -0.3 is 9.47 Å². The van der Waals surface area contributed by atoms with Gasteiger partial charge in [0.1, 0.15) is 11.3 Å². The second kappa shape index (κ2) is 6.80. The summed E-state index contributed by atoms with van der Waals surface area (Å²) in [5, 5.41) is 2.22. The molecule has 0 saturated carbocycles. The van der Waals surface area contributed by atoms with E-state index in [1.54, 1.807) is 25.1 Å². The Balaban J connectivity index is 3.21. The van der Waals surface area contributed by atoms with E-state index in [-0.39, 0.29) is 0 Å². The highest BCUT2D eigenvalue weighted by Crippen LogP contribution is 2.32. The lowest BCUT2D eigenvalue weighted by Gasteiger charge is -2.30. The highest BCUT2D eigenvalue weighted by molar-refractivity contribution is 5.83. The lowest BCUT2D eigenvalue weighted by atomic mass is 9.91. The molecule has 118 valence electrons. The van der Waals surface area contributed by atoms with Gasteiger partial charge in [-0.1, -0.05) is 18.2 Å². The van der Waals surface area contributed by atoms with Crippen molar-refractivity contribution in [2.24, 2.45) is 0 Å². The van der Waals surface area contributed by atoms with Gasteiger partial charge in [-0.15, -0.1) is 0 Å². The molecule has 0 aliphatic heterocycles. The van der Waals surface area contributed by atoms with E-state index in [0.717, 1.165) is 7.11 Å². The molecule has 0 spiro atoms. The minimum absolute atomic E-state index is 0.294. The third-order valence-electron chi connectivity index (χ3n) is 2.96. The van der Waals surface area contributed by atoms with E-state index in [4.69, 9.17) is 4.74 Å². The van der Waals surface area contributed by atoms with E-state index in [2.05, 4.69) is 10.1 Å². The second-order valence-electron chi connectivity index (χ2n) is 4.51. The van der Waals surface area contributed by atoms with Gasteiger partial charge in [-0.3, -0.25) is 5.32 Å². The van der Waals surface area contributed by atoms with Crippen LogP contribution in [0.1, 0.15) is 19.4 Å². The van der Waals surface area contributed by atoms with Crippen LogP contribution in [0.3, 0.4) is 0 Å². The molecule has 1 aromatic carbocycles.